The Kier molecular flexibility index (Phi) is 7.58. The number of nitrogens with zero attached hydrogens (tertiary/aromatic N) is 2. The van der Waals surface area contributed by atoms with Crippen molar-refractivity contribution in [3.63, 3.8) is 0 Å². The first kappa shape index (κ1) is 25.0. The van der Waals surface area contributed by atoms with Crippen LogP contribution in [0.15, 0.2) is 66.7 Å². The van der Waals surface area contributed by atoms with E-state index in [1.165, 1.54) is 23.1 Å². The zero-order valence-corrected chi connectivity index (χ0v) is 21.1. The Morgan fingerprint density at radius 2 is 1.83 bits per heavy atom. The van der Waals surface area contributed by atoms with Gasteiger partial charge in [-0.15, -0.1) is 12.4 Å². The molecule has 1 saturated heterocycles. The molecule has 3 aromatic carbocycles. The molecule has 2 aliphatic rings. The average molecular weight is 490 g/mol. The van der Waals surface area contributed by atoms with E-state index in [4.69, 9.17) is 0 Å². The lowest BCUT2D eigenvalue weighted by molar-refractivity contribution is -0.118. The predicted octanol–water partition coefficient (Wildman–Crippen LogP) is 5.78. The highest BCUT2D eigenvalue weighted by Gasteiger charge is 2.22. The molecule has 6 heteroatoms. The predicted molar refractivity (Wildman–Crippen MR) is 144 cm³/mol. The molecule has 2 amide bonds. The maximum Gasteiger partial charge on any atom is 0.255 e. The first-order valence-corrected chi connectivity index (χ1v) is 12.1. The molecule has 0 unspecified atom stereocenters. The first-order valence-electron chi connectivity index (χ1n) is 12.1. The van der Waals surface area contributed by atoms with Gasteiger partial charge in [-0.3, -0.25) is 14.5 Å². The number of amides is 2. The minimum absolute atomic E-state index is 0. The highest BCUT2D eigenvalue weighted by atomic mass is 35.5. The number of fused-ring (bicyclic) bond motifs is 1. The summed E-state index contributed by atoms with van der Waals surface area (Å²) in [4.78, 5) is 29.5. The van der Waals surface area contributed by atoms with Crippen LogP contribution in [0.25, 0.3) is 11.1 Å². The van der Waals surface area contributed by atoms with Crippen LogP contribution in [0, 0.1) is 5.92 Å². The summed E-state index contributed by atoms with van der Waals surface area (Å²) in [5.41, 5.74) is 6.86. The fraction of sp³-hybridized carbons (Fsp3) is 0.310. The van der Waals surface area contributed by atoms with E-state index < -0.39 is 0 Å². The van der Waals surface area contributed by atoms with Crippen molar-refractivity contribution in [3.8, 4) is 11.1 Å². The lowest BCUT2D eigenvalue weighted by Gasteiger charge is -2.26. The van der Waals surface area contributed by atoms with Gasteiger partial charge in [0.15, 0.2) is 0 Å². The second kappa shape index (κ2) is 10.6. The van der Waals surface area contributed by atoms with Gasteiger partial charge < -0.3 is 10.2 Å². The number of carbonyl (C=O) groups is 2. The Morgan fingerprint density at radius 1 is 1.03 bits per heavy atom. The average Bonchev–Trinajstić information content (AvgIpc) is 3.26. The van der Waals surface area contributed by atoms with E-state index in [1.54, 1.807) is 11.9 Å². The maximum absolute atomic E-state index is 13.2. The molecule has 35 heavy (non-hydrogen) atoms. The molecule has 0 aromatic heterocycles. The van der Waals surface area contributed by atoms with E-state index >= 15 is 0 Å². The number of likely N-dealkylation sites (tertiary alicyclic amines) is 1. The zero-order valence-electron chi connectivity index (χ0n) is 20.3. The summed E-state index contributed by atoms with van der Waals surface area (Å²) in [6, 6.07) is 22.2. The number of hydrogen-bond acceptors (Lipinski definition) is 3. The maximum atomic E-state index is 13.2. The van der Waals surface area contributed by atoms with E-state index in [2.05, 4.69) is 47.5 Å². The van der Waals surface area contributed by atoms with Gasteiger partial charge in [0.2, 0.25) is 5.91 Å². The van der Waals surface area contributed by atoms with Gasteiger partial charge >= 0.3 is 0 Å². The van der Waals surface area contributed by atoms with Crippen molar-refractivity contribution >= 4 is 35.6 Å². The molecule has 3 aromatic rings. The molecule has 0 bridgehead atoms. The summed E-state index contributed by atoms with van der Waals surface area (Å²) in [6.45, 7) is 5.31. The Bertz CT molecular complexity index is 1230. The summed E-state index contributed by atoms with van der Waals surface area (Å²) in [6.07, 6.45) is 2.49. The van der Waals surface area contributed by atoms with Crippen LogP contribution in [0.2, 0.25) is 0 Å². The molecule has 5 rings (SSSR count). The lowest BCUT2D eigenvalue weighted by atomic mass is 9.96. The Labute approximate surface area is 213 Å². The van der Waals surface area contributed by atoms with Gasteiger partial charge in [0.05, 0.1) is 0 Å². The number of anilines is 2. The fourth-order valence-corrected chi connectivity index (χ4v) is 5.09. The van der Waals surface area contributed by atoms with Gasteiger partial charge in [-0.05, 0) is 71.8 Å². The fourth-order valence-electron chi connectivity index (χ4n) is 5.09. The summed E-state index contributed by atoms with van der Waals surface area (Å²) in [5.74, 6) is 0.675. The minimum atomic E-state index is -0.139. The number of rotatable bonds is 5. The summed E-state index contributed by atoms with van der Waals surface area (Å²) < 4.78 is 0. The van der Waals surface area contributed by atoms with E-state index in [1.807, 2.05) is 36.4 Å². The van der Waals surface area contributed by atoms with Gasteiger partial charge in [0.1, 0.15) is 0 Å². The molecular formula is C29H32ClN3O2. The van der Waals surface area contributed by atoms with Crippen LogP contribution >= 0.6 is 12.4 Å². The van der Waals surface area contributed by atoms with E-state index in [-0.39, 0.29) is 24.2 Å². The van der Waals surface area contributed by atoms with Crippen LogP contribution in [-0.4, -0.2) is 36.9 Å². The molecule has 0 aliphatic carbocycles. The summed E-state index contributed by atoms with van der Waals surface area (Å²) >= 11 is 0. The van der Waals surface area contributed by atoms with Crippen molar-refractivity contribution in [2.75, 3.05) is 30.4 Å². The molecule has 2 heterocycles. The summed E-state index contributed by atoms with van der Waals surface area (Å²) in [5, 5.41) is 3.04. The van der Waals surface area contributed by atoms with Crippen molar-refractivity contribution in [2.24, 2.45) is 5.92 Å². The standard InChI is InChI=1S/C29H31N3O2.ClH/c1-20-14-15-32(18-20)19-24-16-23(9-12-26(24)21-6-4-3-5-7-21)29(34)30-25-11-8-22-10-13-28(33)31(2)27(22)17-25;/h3-9,11-12,16-17,20H,10,13-15,18-19H2,1-2H3,(H,30,34);1H/t20-;/m1./s1. The number of hydrogen-bond donors (Lipinski definition) is 1. The topological polar surface area (TPSA) is 52.7 Å². The number of carbonyl (C=O) groups excluding carboxylic acids is 2. The van der Waals surface area contributed by atoms with E-state index in [0.29, 0.717) is 23.6 Å². The molecular weight excluding hydrogens is 458 g/mol. The third-order valence-corrected chi connectivity index (χ3v) is 7.04. The third kappa shape index (κ3) is 5.42. The van der Waals surface area contributed by atoms with Gasteiger partial charge in [0.25, 0.3) is 5.91 Å². The Morgan fingerprint density at radius 3 is 2.57 bits per heavy atom. The smallest absolute Gasteiger partial charge is 0.255 e. The Hall–Kier alpha value is -3.15. The van der Waals surface area contributed by atoms with Crippen LogP contribution in [0.4, 0.5) is 11.4 Å². The molecule has 182 valence electrons. The Balaban J connectivity index is 0.00000289. The third-order valence-electron chi connectivity index (χ3n) is 7.04. The lowest BCUT2D eigenvalue weighted by Crippen LogP contribution is -2.31. The van der Waals surface area contributed by atoms with Crippen LogP contribution < -0.4 is 10.2 Å². The van der Waals surface area contributed by atoms with Crippen LogP contribution in [-0.2, 0) is 17.8 Å². The monoisotopic (exact) mass is 489 g/mol. The van der Waals surface area contributed by atoms with Gasteiger partial charge in [-0.1, -0.05) is 49.4 Å². The van der Waals surface area contributed by atoms with Crippen molar-refractivity contribution in [2.45, 2.75) is 32.7 Å². The molecule has 1 atom stereocenters. The van der Waals surface area contributed by atoms with Crippen LogP contribution in [0.3, 0.4) is 0 Å². The number of aryl methyl sites for hydroxylation is 1. The van der Waals surface area contributed by atoms with Gasteiger partial charge in [-0.2, -0.15) is 0 Å². The molecule has 1 fully saturated rings. The molecule has 5 nitrogen and oxygen atoms in total. The second-order valence-corrected chi connectivity index (χ2v) is 9.62. The quantitative estimate of drug-likeness (QED) is 0.494. The summed E-state index contributed by atoms with van der Waals surface area (Å²) in [7, 11) is 1.79. The largest absolute Gasteiger partial charge is 0.322 e. The molecule has 0 saturated carbocycles. The first-order chi connectivity index (χ1) is 16.5. The number of nitrogens with one attached hydrogen (secondary N) is 1. The number of halogens is 1. The highest BCUT2D eigenvalue weighted by Crippen LogP contribution is 2.31. The van der Waals surface area contributed by atoms with E-state index in [9.17, 15) is 9.59 Å². The molecule has 1 N–H and O–H groups in total. The normalized spacial score (nSPS) is 17.6. The van der Waals surface area contributed by atoms with Crippen molar-refractivity contribution in [1.29, 1.82) is 0 Å². The van der Waals surface area contributed by atoms with Gasteiger partial charge in [0, 0.05) is 43.5 Å². The molecule has 2 aliphatic heterocycles. The van der Waals surface area contributed by atoms with Crippen LogP contribution in [0.5, 0.6) is 0 Å². The van der Waals surface area contributed by atoms with E-state index in [0.717, 1.165) is 37.3 Å². The minimum Gasteiger partial charge on any atom is -0.322 e. The molecule has 0 radical (unpaired) electrons. The van der Waals surface area contributed by atoms with Crippen molar-refractivity contribution in [1.82, 2.24) is 4.90 Å². The van der Waals surface area contributed by atoms with Crippen molar-refractivity contribution < 1.29 is 9.59 Å². The number of benzene rings is 3. The van der Waals surface area contributed by atoms with Crippen LogP contribution in [0.1, 0.15) is 41.3 Å². The highest BCUT2D eigenvalue weighted by molar-refractivity contribution is 6.05. The van der Waals surface area contributed by atoms with Gasteiger partial charge in [-0.25, -0.2) is 0 Å². The molecule has 0 spiro atoms. The second-order valence-electron chi connectivity index (χ2n) is 9.62. The zero-order chi connectivity index (χ0) is 23.7. The van der Waals surface area contributed by atoms with Crippen molar-refractivity contribution in [3.05, 3.63) is 83.4 Å². The SMILES string of the molecule is C[C@@H]1CCN(Cc2cc(C(=O)Nc3ccc4c(c3)N(C)C(=O)CC4)ccc2-c2ccccc2)C1.Cl.